The van der Waals surface area contributed by atoms with Crippen LogP contribution in [-0.2, 0) is 4.79 Å². The lowest BCUT2D eigenvalue weighted by Gasteiger charge is -2.30. The summed E-state index contributed by atoms with van der Waals surface area (Å²) in [5, 5.41) is 2.58. The fourth-order valence-electron chi connectivity index (χ4n) is 2.41. The van der Waals surface area contributed by atoms with Gasteiger partial charge in [0.05, 0.1) is 6.54 Å². The van der Waals surface area contributed by atoms with Gasteiger partial charge < -0.3 is 5.32 Å². The van der Waals surface area contributed by atoms with Crippen molar-refractivity contribution in [1.82, 2.24) is 4.90 Å². The summed E-state index contributed by atoms with van der Waals surface area (Å²) < 4.78 is 25.8. The number of hydrogen-bond donors (Lipinski definition) is 1. The van der Waals surface area contributed by atoms with Crippen molar-refractivity contribution >= 4 is 11.6 Å². The number of likely N-dealkylation sites (tertiary alicyclic amines) is 1. The number of hydrogen-bond acceptors (Lipinski definition) is 2. The van der Waals surface area contributed by atoms with Crippen LogP contribution in [0.15, 0.2) is 18.2 Å². The predicted molar refractivity (Wildman–Crippen MR) is 69.8 cm³/mol. The predicted octanol–water partition coefficient (Wildman–Crippen LogP) is 2.64. The molecule has 0 aromatic heterocycles. The van der Waals surface area contributed by atoms with Crippen molar-refractivity contribution in [3.05, 3.63) is 29.8 Å². The summed E-state index contributed by atoms with van der Waals surface area (Å²) in [6.45, 7) is 4.28. The van der Waals surface area contributed by atoms with Crippen LogP contribution in [0.5, 0.6) is 0 Å². The Morgan fingerprint density at radius 1 is 1.42 bits per heavy atom. The van der Waals surface area contributed by atoms with Crippen molar-refractivity contribution in [2.75, 3.05) is 25.0 Å². The Morgan fingerprint density at radius 3 is 2.89 bits per heavy atom. The maximum absolute atomic E-state index is 13.0. The van der Waals surface area contributed by atoms with E-state index in [0.717, 1.165) is 31.6 Å². The summed E-state index contributed by atoms with van der Waals surface area (Å²) in [5.74, 6) is -1.46. The third-order valence-electron chi connectivity index (χ3n) is 3.31. The normalized spacial score (nSPS) is 20.3. The fraction of sp³-hybridized carbons (Fsp3) is 0.500. The number of amides is 1. The molecule has 0 saturated carbocycles. The Labute approximate surface area is 111 Å². The number of carbonyl (C=O) groups excluding carboxylic acids is 1. The average Bonchev–Trinajstić information content (AvgIpc) is 2.34. The second-order valence-electron chi connectivity index (χ2n) is 5.16. The first-order valence-electron chi connectivity index (χ1n) is 6.52. The third kappa shape index (κ3) is 3.99. The molecule has 1 amide bonds. The zero-order chi connectivity index (χ0) is 13.8. The Hall–Kier alpha value is -1.49. The molecule has 0 spiro atoms. The van der Waals surface area contributed by atoms with Gasteiger partial charge in [-0.3, -0.25) is 9.69 Å². The zero-order valence-electron chi connectivity index (χ0n) is 11.0. The van der Waals surface area contributed by atoms with Gasteiger partial charge in [-0.1, -0.05) is 6.92 Å². The first-order chi connectivity index (χ1) is 9.04. The number of benzene rings is 1. The van der Waals surface area contributed by atoms with E-state index in [4.69, 9.17) is 0 Å². The third-order valence-corrected chi connectivity index (χ3v) is 3.31. The van der Waals surface area contributed by atoms with E-state index in [1.165, 1.54) is 12.5 Å². The van der Waals surface area contributed by atoms with Gasteiger partial charge in [-0.15, -0.1) is 0 Å². The van der Waals surface area contributed by atoms with Gasteiger partial charge in [0.15, 0.2) is 11.6 Å². The number of rotatable bonds is 3. The topological polar surface area (TPSA) is 32.3 Å². The van der Waals surface area contributed by atoms with E-state index in [-0.39, 0.29) is 11.6 Å². The molecule has 0 radical (unpaired) electrons. The molecule has 1 fully saturated rings. The van der Waals surface area contributed by atoms with Crippen LogP contribution in [-0.4, -0.2) is 30.4 Å². The summed E-state index contributed by atoms with van der Waals surface area (Å²) in [6, 6.07) is 3.36. The van der Waals surface area contributed by atoms with Crippen molar-refractivity contribution in [3.8, 4) is 0 Å². The lowest BCUT2D eigenvalue weighted by Crippen LogP contribution is -2.39. The van der Waals surface area contributed by atoms with Crippen LogP contribution in [0.25, 0.3) is 0 Å². The van der Waals surface area contributed by atoms with E-state index >= 15 is 0 Å². The van der Waals surface area contributed by atoms with Crippen molar-refractivity contribution in [1.29, 1.82) is 0 Å². The molecule has 1 unspecified atom stereocenters. The fourth-order valence-corrected chi connectivity index (χ4v) is 2.41. The van der Waals surface area contributed by atoms with Crippen molar-refractivity contribution in [3.63, 3.8) is 0 Å². The van der Waals surface area contributed by atoms with Crippen LogP contribution in [0, 0.1) is 17.6 Å². The SMILES string of the molecule is CC1CCCN(CC(=O)Nc2ccc(F)c(F)c2)C1. The van der Waals surface area contributed by atoms with Crippen molar-refractivity contribution in [2.45, 2.75) is 19.8 Å². The summed E-state index contributed by atoms with van der Waals surface area (Å²) in [5.41, 5.74) is 0.286. The van der Waals surface area contributed by atoms with Crippen LogP contribution in [0.1, 0.15) is 19.8 Å². The lowest BCUT2D eigenvalue weighted by molar-refractivity contribution is -0.117. The van der Waals surface area contributed by atoms with Crippen LogP contribution >= 0.6 is 0 Å². The molecular weight excluding hydrogens is 250 g/mol. The quantitative estimate of drug-likeness (QED) is 0.914. The first-order valence-corrected chi connectivity index (χ1v) is 6.52. The monoisotopic (exact) mass is 268 g/mol. The molecule has 1 saturated heterocycles. The summed E-state index contributed by atoms with van der Waals surface area (Å²) >= 11 is 0. The average molecular weight is 268 g/mol. The van der Waals surface area contributed by atoms with Gasteiger partial charge in [0, 0.05) is 18.3 Å². The van der Waals surface area contributed by atoms with Crippen LogP contribution < -0.4 is 5.32 Å². The molecule has 0 aliphatic carbocycles. The molecule has 2 rings (SSSR count). The van der Waals surface area contributed by atoms with Crippen LogP contribution in [0.3, 0.4) is 0 Å². The first kappa shape index (κ1) is 13.9. The summed E-state index contributed by atoms with van der Waals surface area (Å²) in [6.07, 6.45) is 2.29. The minimum atomic E-state index is -0.954. The van der Waals surface area contributed by atoms with Gasteiger partial charge in [-0.25, -0.2) is 8.78 Å². The highest BCUT2D eigenvalue weighted by molar-refractivity contribution is 5.92. The number of piperidine rings is 1. The number of nitrogens with zero attached hydrogens (tertiary/aromatic N) is 1. The van der Waals surface area contributed by atoms with E-state index < -0.39 is 11.6 Å². The Morgan fingerprint density at radius 2 is 2.21 bits per heavy atom. The van der Waals surface area contributed by atoms with Gasteiger partial charge >= 0.3 is 0 Å². The lowest BCUT2D eigenvalue weighted by atomic mass is 10.0. The molecule has 1 aromatic carbocycles. The second-order valence-corrected chi connectivity index (χ2v) is 5.16. The Bertz CT molecular complexity index is 465. The molecular formula is C14H18F2N2O. The number of halogens is 2. The minimum absolute atomic E-state index is 0.194. The molecule has 1 aromatic rings. The van der Waals surface area contributed by atoms with Crippen LogP contribution in [0.2, 0.25) is 0 Å². The summed E-state index contributed by atoms with van der Waals surface area (Å²) in [4.78, 5) is 13.9. The molecule has 0 bridgehead atoms. The Balaban J connectivity index is 1.88. The maximum atomic E-state index is 13.0. The van der Waals surface area contributed by atoms with Gasteiger partial charge in [-0.05, 0) is 37.4 Å². The largest absolute Gasteiger partial charge is 0.325 e. The van der Waals surface area contributed by atoms with Gasteiger partial charge in [0.2, 0.25) is 5.91 Å². The zero-order valence-corrected chi connectivity index (χ0v) is 11.0. The number of anilines is 1. The van der Waals surface area contributed by atoms with E-state index in [0.29, 0.717) is 12.5 Å². The molecule has 1 heterocycles. The van der Waals surface area contributed by atoms with E-state index in [1.807, 2.05) is 0 Å². The highest BCUT2D eigenvalue weighted by Crippen LogP contribution is 2.16. The highest BCUT2D eigenvalue weighted by atomic mass is 19.2. The van der Waals surface area contributed by atoms with Crippen molar-refractivity contribution in [2.24, 2.45) is 5.92 Å². The molecule has 19 heavy (non-hydrogen) atoms. The van der Waals surface area contributed by atoms with E-state index in [1.54, 1.807) is 0 Å². The smallest absolute Gasteiger partial charge is 0.238 e. The second kappa shape index (κ2) is 6.10. The summed E-state index contributed by atoms with van der Waals surface area (Å²) in [7, 11) is 0. The highest BCUT2D eigenvalue weighted by Gasteiger charge is 2.18. The van der Waals surface area contributed by atoms with Gasteiger partial charge in [-0.2, -0.15) is 0 Å². The molecule has 5 heteroatoms. The molecule has 3 nitrogen and oxygen atoms in total. The van der Waals surface area contributed by atoms with Gasteiger partial charge in [0.1, 0.15) is 0 Å². The standard InChI is InChI=1S/C14H18F2N2O/c1-10-3-2-6-18(8-10)9-14(19)17-11-4-5-12(15)13(16)7-11/h4-5,7,10H,2-3,6,8-9H2,1H3,(H,17,19). The Kier molecular flexibility index (Phi) is 4.47. The minimum Gasteiger partial charge on any atom is -0.325 e. The molecule has 1 aliphatic heterocycles. The van der Waals surface area contributed by atoms with Gasteiger partial charge in [0.25, 0.3) is 0 Å². The number of nitrogens with one attached hydrogen (secondary N) is 1. The maximum Gasteiger partial charge on any atom is 0.238 e. The van der Waals surface area contributed by atoms with Crippen molar-refractivity contribution < 1.29 is 13.6 Å². The molecule has 1 atom stereocenters. The number of carbonyl (C=O) groups is 1. The van der Waals surface area contributed by atoms with E-state index in [2.05, 4.69) is 17.1 Å². The van der Waals surface area contributed by atoms with Crippen LogP contribution in [0.4, 0.5) is 14.5 Å². The molecule has 1 N–H and O–H groups in total. The molecule has 104 valence electrons. The van der Waals surface area contributed by atoms with E-state index in [9.17, 15) is 13.6 Å². The molecule has 1 aliphatic rings.